The lowest BCUT2D eigenvalue weighted by molar-refractivity contribution is -0.134. The van der Waals surface area contributed by atoms with E-state index in [0.29, 0.717) is 31.5 Å². The van der Waals surface area contributed by atoms with E-state index >= 15 is 0 Å². The van der Waals surface area contributed by atoms with Crippen molar-refractivity contribution in [2.75, 3.05) is 26.2 Å². The van der Waals surface area contributed by atoms with E-state index in [4.69, 9.17) is 0 Å². The molecule has 6 nitrogen and oxygen atoms in total. The van der Waals surface area contributed by atoms with E-state index in [1.165, 1.54) is 0 Å². The lowest BCUT2D eigenvalue weighted by Gasteiger charge is -2.37. The number of benzene rings is 2. The molecule has 0 aliphatic carbocycles. The second-order valence-corrected chi connectivity index (χ2v) is 9.24. The summed E-state index contributed by atoms with van der Waals surface area (Å²) in [6.07, 6.45) is 3.40. The maximum atomic E-state index is 13.4. The Balaban J connectivity index is 1.47. The van der Waals surface area contributed by atoms with E-state index in [-0.39, 0.29) is 23.6 Å². The first-order valence-corrected chi connectivity index (χ1v) is 12.0. The van der Waals surface area contributed by atoms with Crippen LogP contribution in [0.2, 0.25) is 0 Å². The molecule has 4 rings (SSSR count). The van der Waals surface area contributed by atoms with Gasteiger partial charge in [-0.15, -0.1) is 0 Å². The highest BCUT2D eigenvalue weighted by Gasteiger charge is 2.37. The first-order chi connectivity index (χ1) is 16.0. The van der Waals surface area contributed by atoms with Crippen molar-refractivity contribution in [3.8, 4) is 0 Å². The van der Waals surface area contributed by atoms with Crippen molar-refractivity contribution >= 4 is 17.7 Å². The molecule has 6 heteroatoms. The molecule has 0 aromatic heterocycles. The Morgan fingerprint density at radius 1 is 0.788 bits per heavy atom. The molecule has 1 atom stereocenters. The number of likely N-dealkylation sites (tertiary alicyclic amines) is 2. The van der Waals surface area contributed by atoms with Crippen LogP contribution < -0.4 is 5.32 Å². The molecule has 2 aromatic rings. The first kappa shape index (κ1) is 23.0. The van der Waals surface area contributed by atoms with Gasteiger partial charge in [0.25, 0.3) is 11.8 Å². The summed E-state index contributed by atoms with van der Waals surface area (Å²) in [5, 5.41) is 3.07. The average Bonchev–Trinajstić information content (AvgIpc) is 3.37. The molecule has 3 amide bonds. The standard InChI is InChI=1S/C27H33N3O3/c1-19-9-3-5-11-22(19)25(31)28-24(27(33)29-15-7-8-16-29)21-13-17-30(18-14-21)26(32)23-12-6-4-10-20(23)2/h3-6,9-12,21,24H,7-8,13-18H2,1-2H3,(H,28,31). The molecular formula is C27H33N3O3. The van der Waals surface area contributed by atoms with Crippen molar-refractivity contribution in [3.63, 3.8) is 0 Å². The zero-order valence-corrected chi connectivity index (χ0v) is 19.5. The van der Waals surface area contributed by atoms with Crippen LogP contribution in [0.1, 0.15) is 57.5 Å². The molecule has 2 aliphatic rings. The van der Waals surface area contributed by atoms with Gasteiger partial charge in [-0.2, -0.15) is 0 Å². The number of hydrogen-bond donors (Lipinski definition) is 1. The number of hydrogen-bond acceptors (Lipinski definition) is 3. The quantitative estimate of drug-likeness (QED) is 0.762. The highest BCUT2D eigenvalue weighted by atomic mass is 16.2. The smallest absolute Gasteiger partial charge is 0.254 e. The Morgan fingerprint density at radius 2 is 1.33 bits per heavy atom. The van der Waals surface area contributed by atoms with Crippen molar-refractivity contribution in [1.29, 1.82) is 0 Å². The molecule has 1 unspecified atom stereocenters. The molecule has 2 saturated heterocycles. The summed E-state index contributed by atoms with van der Waals surface area (Å²) in [4.78, 5) is 43.3. The van der Waals surface area contributed by atoms with Crippen LogP contribution in [0.25, 0.3) is 0 Å². The first-order valence-electron chi connectivity index (χ1n) is 12.0. The Morgan fingerprint density at radius 3 is 1.91 bits per heavy atom. The topological polar surface area (TPSA) is 69.7 Å². The third-order valence-corrected chi connectivity index (χ3v) is 7.03. The van der Waals surface area contributed by atoms with Crippen molar-refractivity contribution in [1.82, 2.24) is 15.1 Å². The van der Waals surface area contributed by atoms with Crippen LogP contribution in [-0.2, 0) is 4.79 Å². The second kappa shape index (κ2) is 10.2. The molecule has 1 N–H and O–H groups in total. The molecule has 174 valence electrons. The maximum absolute atomic E-state index is 13.4. The number of nitrogens with zero attached hydrogens (tertiary/aromatic N) is 2. The van der Waals surface area contributed by atoms with Gasteiger partial charge in [0, 0.05) is 37.3 Å². The summed E-state index contributed by atoms with van der Waals surface area (Å²) < 4.78 is 0. The zero-order chi connectivity index (χ0) is 23.4. The molecule has 33 heavy (non-hydrogen) atoms. The monoisotopic (exact) mass is 447 g/mol. The minimum atomic E-state index is -0.564. The molecule has 2 heterocycles. The van der Waals surface area contributed by atoms with E-state index in [1.807, 2.05) is 66.1 Å². The third kappa shape index (κ3) is 5.10. The molecule has 0 saturated carbocycles. The average molecular weight is 448 g/mol. The van der Waals surface area contributed by atoms with E-state index < -0.39 is 6.04 Å². The predicted molar refractivity (Wildman–Crippen MR) is 128 cm³/mol. The van der Waals surface area contributed by atoms with E-state index in [2.05, 4.69) is 5.32 Å². The summed E-state index contributed by atoms with van der Waals surface area (Å²) >= 11 is 0. The Labute approximate surface area is 196 Å². The van der Waals surface area contributed by atoms with Gasteiger partial charge in [0.15, 0.2) is 0 Å². The summed E-state index contributed by atoms with van der Waals surface area (Å²) in [6, 6.07) is 14.5. The molecule has 0 radical (unpaired) electrons. The van der Waals surface area contributed by atoms with Crippen molar-refractivity contribution in [2.45, 2.75) is 45.6 Å². The highest BCUT2D eigenvalue weighted by Crippen LogP contribution is 2.25. The number of rotatable bonds is 5. The minimum Gasteiger partial charge on any atom is -0.341 e. The van der Waals surface area contributed by atoms with Crippen LogP contribution in [-0.4, -0.2) is 59.7 Å². The van der Waals surface area contributed by atoms with Gasteiger partial charge in [0.05, 0.1) is 0 Å². The van der Waals surface area contributed by atoms with Crippen LogP contribution in [0.15, 0.2) is 48.5 Å². The predicted octanol–water partition coefficient (Wildman–Crippen LogP) is 3.58. The lowest BCUT2D eigenvalue weighted by Crippen LogP contribution is -2.54. The summed E-state index contributed by atoms with van der Waals surface area (Å²) in [5.74, 6) is -0.146. The van der Waals surface area contributed by atoms with Gasteiger partial charge in [-0.3, -0.25) is 14.4 Å². The number of carbonyl (C=O) groups excluding carboxylic acids is 3. The fourth-order valence-electron chi connectivity index (χ4n) is 4.98. The summed E-state index contributed by atoms with van der Waals surface area (Å²) in [7, 11) is 0. The van der Waals surface area contributed by atoms with Crippen molar-refractivity contribution in [2.24, 2.45) is 5.92 Å². The molecule has 2 fully saturated rings. The van der Waals surface area contributed by atoms with Crippen LogP contribution in [0.3, 0.4) is 0 Å². The van der Waals surface area contributed by atoms with Crippen LogP contribution in [0, 0.1) is 19.8 Å². The Hall–Kier alpha value is -3.15. The summed E-state index contributed by atoms with van der Waals surface area (Å²) in [5.41, 5.74) is 3.19. The van der Waals surface area contributed by atoms with E-state index in [0.717, 1.165) is 42.6 Å². The van der Waals surface area contributed by atoms with Gasteiger partial charge >= 0.3 is 0 Å². The number of carbonyl (C=O) groups is 3. The van der Waals surface area contributed by atoms with Crippen molar-refractivity contribution < 1.29 is 14.4 Å². The van der Waals surface area contributed by atoms with Gasteiger partial charge in [-0.25, -0.2) is 0 Å². The van der Waals surface area contributed by atoms with Crippen LogP contribution >= 0.6 is 0 Å². The number of amides is 3. The van der Waals surface area contributed by atoms with Crippen molar-refractivity contribution in [3.05, 3.63) is 70.8 Å². The number of nitrogens with one attached hydrogen (secondary N) is 1. The largest absolute Gasteiger partial charge is 0.341 e. The van der Waals surface area contributed by atoms with Crippen LogP contribution in [0.5, 0.6) is 0 Å². The maximum Gasteiger partial charge on any atom is 0.254 e. The SMILES string of the molecule is Cc1ccccc1C(=O)NC(C(=O)N1CCCC1)C1CCN(C(=O)c2ccccc2C)CC1. The molecule has 0 spiro atoms. The fourth-order valence-corrected chi connectivity index (χ4v) is 4.98. The van der Waals surface area contributed by atoms with Crippen LogP contribution in [0.4, 0.5) is 0 Å². The fraction of sp³-hybridized carbons (Fsp3) is 0.444. The molecular weight excluding hydrogens is 414 g/mol. The van der Waals surface area contributed by atoms with E-state index in [9.17, 15) is 14.4 Å². The second-order valence-electron chi connectivity index (χ2n) is 9.24. The van der Waals surface area contributed by atoms with Gasteiger partial charge in [-0.05, 0) is 68.7 Å². The molecule has 2 aromatic carbocycles. The summed E-state index contributed by atoms with van der Waals surface area (Å²) in [6.45, 7) is 6.53. The lowest BCUT2D eigenvalue weighted by atomic mass is 9.87. The van der Waals surface area contributed by atoms with E-state index in [1.54, 1.807) is 6.07 Å². The Kier molecular flexibility index (Phi) is 7.11. The zero-order valence-electron chi connectivity index (χ0n) is 19.5. The minimum absolute atomic E-state index is 0.00647. The molecule has 2 aliphatic heterocycles. The Bertz CT molecular complexity index is 1020. The van der Waals surface area contributed by atoms with Gasteiger partial charge < -0.3 is 15.1 Å². The van der Waals surface area contributed by atoms with Gasteiger partial charge in [0.1, 0.15) is 6.04 Å². The van der Waals surface area contributed by atoms with Gasteiger partial charge in [-0.1, -0.05) is 36.4 Å². The van der Waals surface area contributed by atoms with Gasteiger partial charge in [0.2, 0.25) is 5.91 Å². The third-order valence-electron chi connectivity index (χ3n) is 7.03. The number of aryl methyl sites for hydroxylation is 2. The molecule has 0 bridgehead atoms. The highest BCUT2D eigenvalue weighted by molar-refractivity contribution is 5.99. The normalized spacial score (nSPS) is 17.6. The number of piperidine rings is 1.